The summed E-state index contributed by atoms with van der Waals surface area (Å²) < 4.78 is 1.55. The first kappa shape index (κ1) is 16.4. The van der Waals surface area contributed by atoms with Crippen molar-refractivity contribution < 1.29 is 4.79 Å². The van der Waals surface area contributed by atoms with Crippen molar-refractivity contribution in [2.45, 2.75) is 52.6 Å². The van der Waals surface area contributed by atoms with E-state index in [4.69, 9.17) is 0 Å². The van der Waals surface area contributed by atoms with E-state index < -0.39 is 0 Å². The highest BCUT2D eigenvalue weighted by Gasteiger charge is 2.20. The van der Waals surface area contributed by atoms with Crippen LogP contribution >= 0.6 is 0 Å². The molecule has 1 aliphatic rings. The molecule has 0 saturated carbocycles. The zero-order valence-corrected chi connectivity index (χ0v) is 14.4. The van der Waals surface area contributed by atoms with Gasteiger partial charge in [-0.25, -0.2) is 4.79 Å². The number of fused-ring (bicyclic) bond motifs is 1. The topological polar surface area (TPSA) is 83.9 Å². The number of amides is 1. The Labute approximate surface area is 140 Å². The minimum absolute atomic E-state index is 0.00313. The molecule has 0 atom stereocenters. The van der Waals surface area contributed by atoms with Crippen LogP contribution in [0.4, 0.5) is 0 Å². The molecule has 7 heteroatoms. The van der Waals surface area contributed by atoms with Crippen molar-refractivity contribution in [1.82, 2.24) is 24.6 Å². The summed E-state index contributed by atoms with van der Waals surface area (Å²) in [5.41, 5.74) is 4.66. The van der Waals surface area contributed by atoms with Crippen LogP contribution in [0, 0.1) is 13.8 Å². The quantitative estimate of drug-likeness (QED) is 0.891. The molecule has 7 nitrogen and oxygen atoms in total. The maximum Gasteiger partial charge on any atom is 0.347 e. The first-order valence-electron chi connectivity index (χ1n) is 8.29. The van der Waals surface area contributed by atoms with E-state index in [0.717, 1.165) is 30.7 Å². The van der Waals surface area contributed by atoms with Gasteiger partial charge in [0.25, 0.3) is 0 Å². The minimum Gasteiger partial charge on any atom is -0.340 e. The molecule has 0 aromatic carbocycles. The Balaban J connectivity index is 1.62. The number of nitrogens with zero attached hydrogens (tertiary/aromatic N) is 4. The van der Waals surface area contributed by atoms with E-state index in [-0.39, 0.29) is 18.0 Å². The zero-order chi connectivity index (χ0) is 17.3. The van der Waals surface area contributed by atoms with Crippen LogP contribution in [0.3, 0.4) is 0 Å². The Morgan fingerprint density at radius 1 is 1.38 bits per heavy atom. The molecule has 2 aromatic rings. The Morgan fingerprint density at radius 2 is 2.17 bits per heavy atom. The van der Waals surface area contributed by atoms with Gasteiger partial charge in [0, 0.05) is 37.1 Å². The number of carbonyl (C=O) groups is 1. The average molecular weight is 329 g/mol. The summed E-state index contributed by atoms with van der Waals surface area (Å²) >= 11 is 0. The van der Waals surface area contributed by atoms with Gasteiger partial charge in [-0.3, -0.25) is 14.5 Å². The molecule has 0 saturated heterocycles. The Kier molecular flexibility index (Phi) is 4.51. The van der Waals surface area contributed by atoms with E-state index in [1.54, 1.807) is 23.4 Å². The number of aromatic amines is 1. The van der Waals surface area contributed by atoms with Crippen LogP contribution in [0.2, 0.25) is 0 Å². The lowest BCUT2D eigenvalue weighted by Gasteiger charge is -2.17. The van der Waals surface area contributed by atoms with Gasteiger partial charge in [-0.1, -0.05) is 0 Å². The molecular weight excluding hydrogens is 306 g/mol. The highest BCUT2D eigenvalue weighted by atomic mass is 16.2. The molecule has 0 aliphatic heterocycles. The van der Waals surface area contributed by atoms with Gasteiger partial charge in [0.1, 0.15) is 0 Å². The Morgan fingerprint density at radius 3 is 2.92 bits per heavy atom. The van der Waals surface area contributed by atoms with Crippen molar-refractivity contribution in [3.63, 3.8) is 0 Å². The van der Waals surface area contributed by atoms with Crippen LogP contribution in [-0.4, -0.2) is 37.6 Å². The molecule has 128 valence electrons. The molecule has 1 aliphatic carbocycles. The van der Waals surface area contributed by atoms with Crippen molar-refractivity contribution in [3.8, 4) is 0 Å². The van der Waals surface area contributed by atoms with Gasteiger partial charge >= 0.3 is 5.69 Å². The van der Waals surface area contributed by atoms with Crippen molar-refractivity contribution >= 4 is 5.91 Å². The van der Waals surface area contributed by atoms with E-state index >= 15 is 0 Å². The highest BCUT2D eigenvalue weighted by molar-refractivity contribution is 5.75. The van der Waals surface area contributed by atoms with Crippen LogP contribution in [0.25, 0.3) is 0 Å². The van der Waals surface area contributed by atoms with Gasteiger partial charge in [-0.15, -0.1) is 0 Å². The number of carbonyl (C=O) groups excluding carboxylic acids is 1. The highest BCUT2D eigenvalue weighted by Crippen LogP contribution is 2.23. The summed E-state index contributed by atoms with van der Waals surface area (Å²) in [7, 11) is 1.78. The third-order valence-corrected chi connectivity index (χ3v) is 4.60. The molecule has 1 N–H and O–H groups in total. The van der Waals surface area contributed by atoms with Gasteiger partial charge in [-0.2, -0.15) is 10.1 Å². The van der Waals surface area contributed by atoms with Gasteiger partial charge in [0.05, 0.1) is 12.2 Å². The van der Waals surface area contributed by atoms with Crippen LogP contribution in [-0.2, 0) is 30.7 Å². The smallest absolute Gasteiger partial charge is 0.340 e. The predicted molar refractivity (Wildman–Crippen MR) is 89.7 cm³/mol. The second-order valence-electron chi connectivity index (χ2n) is 6.45. The number of nitrogens with one attached hydrogen (secondary N) is 1. The molecule has 1 amide bonds. The van der Waals surface area contributed by atoms with Crippen molar-refractivity contribution in [1.29, 1.82) is 0 Å². The standard InChI is InChI=1S/C17H23N5O2/c1-11-9-12(2)22(17(24)18-11)8-7-16(23)21(3)10-15-13-5-4-6-14(13)19-20-15/h9H,4-8,10H2,1-3H3,(H,19,20). The number of aromatic nitrogens is 4. The minimum atomic E-state index is -0.298. The number of H-pyrrole nitrogens is 1. The maximum absolute atomic E-state index is 12.4. The van der Waals surface area contributed by atoms with Crippen molar-refractivity contribution in [3.05, 3.63) is 44.9 Å². The summed E-state index contributed by atoms with van der Waals surface area (Å²) in [6, 6.07) is 1.85. The summed E-state index contributed by atoms with van der Waals surface area (Å²) in [6.07, 6.45) is 3.50. The third-order valence-electron chi connectivity index (χ3n) is 4.60. The number of hydrogen-bond donors (Lipinski definition) is 1. The van der Waals surface area contributed by atoms with E-state index in [1.807, 2.05) is 13.0 Å². The van der Waals surface area contributed by atoms with Crippen molar-refractivity contribution in [2.24, 2.45) is 0 Å². The predicted octanol–water partition coefficient (Wildman–Crippen LogP) is 1.12. The second kappa shape index (κ2) is 6.59. The SMILES string of the molecule is Cc1cc(C)n(CCC(=O)N(C)Cc2n[nH]c3c2CCC3)c(=O)n1. The van der Waals surface area contributed by atoms with E-state index in [9.17, 15) is 9.59 Å². The monoisotopic (exact) mass is 329 g/mol. The molecule has 24 heavy (non-hydrogen) atoms. The van der Waals surface area contributed by atoms with Crippen LogP contribution in [0.1, 0.15) is 41.2 Å². The molecule has 2 heterocycles. The fourth-order valence-corrected chi connectivity index (χ4v) is 3.28. The molecule has 2 aromatic heterocycles. The maximum atomic E-state index is 12.4. The van der Waals surface area contributed by atoms with Crippen molar-refractivity contribution in [2.75, 3.05) is 7.05 Å². The largest absolute Gasteiger partial charge is 0.347 e. The summed E-state index contributed by atoms with van der Waals surface area (Å²) in [4.78, 5) is 29.9. The first-order valence-corrected chi connectivity index (χ1v) is 8.29. The number of aryl methyl sites for hydroxylation is 3. The summed E-state index contributed by atoms with van der Waals surface area (Å²) in [5.74, 6) is -0.00313. The average Bonchev–Trinajstić information content (AvgIpc) is 3.10. The molecule has 0 radical (unpaired) electrons. The molecular formula is C17H23N5O2. The zero-order valence-electron chi connectivity index (χ0n) is 14.4. The molecule has 0 fully saturated rings. The molecule has 0 unspecified atom stereocenters. The van der Waals surface area contributed by atoms with Gasteiger partial charge in [-0.05, 0) is 44.7 Å². The van der Waals surface area contributed by atoms with Gasteiger partial charge in [0.2, 0.25) is 5.91 Å². The van der Waals surface area contributed by atoms with Crippen LogP contribution in [0.15, 0.2) is 10.9 Å². The van der Waals surface area contributed by atoms with E-state index in [2.05, 4.69) is 15.2 Å². The van der Waals surface area contributed by atoms with E-state index in [1.165, 1.54) is 11.3 Å². The molecule has 0 bridgehead atoms. The fraction of sp³-hybridized carbons (Fsp3) is 0.529. The number of hydrogen-bond acceptors (Lipinski definition) is 4. The number of rotatable bonds is 5. The Bertz CT molecular complexity index is 821. The van der Waals surface area contributed by atoms with Crippen LogP contribution in [0.5, 0.6) is 0 Å². The lowest BCUT2D eigenvalue weighted by atomic mass is 10.2. The normalized spacial score (nSPS) is 13.1. The lowest BCUT2D eigenvalue weighted by molar-refractivity contribution is -0.130. The van der Waals surface area contributed by atoms with Crippen LogP contribution < -0.4 is 5.69 Å². The van der Waals surface area contributed by atoms with Gasteiger partial charge < -0.3 is 4.90 Å². The second-order valence-corrected chi connectivity index (χ2v) is 6.45. The summed E-state index contributed by atoms with van der Waals surface area (Å²) in [6.45, 7) is 4.50. The molecule has 3 rings (SSSR count). The fourth-order valence-electron chi connectivity index (χ4n) is 3.28. The lowest BCUT2D eigenvalue weighted by Crippen LogP contribution is -2.31. The molecule has 0 spiro atoms. The third kappa shape index (κ3) is 3.25. The van der Waals surface area contributed by atoms with E-state index in [0.29, 0.717) is 18.8 Å². The summed E-state index contributed by atoms with van der Waals surface area (Å²) in [5, 5.41) is 7.40. The van der Waals surface area contributed by atoms with Gasteiger partial charge in [0.15, 0.2) is 0 Å². The Hall–Kier alpha value is -2.44. The first-order chi connectivity index (χ1) is 11.5.